The van der Waals surface area contributed by atoms with E-state index in [0.29, 0.717) is 5.56 Å². The van der Waals surface area contributed by atoms with Gasteiger partial charge >= 0.3 is 17.9 Å². The first-order valence-electron chi connectivity index (χ1n) is 9.17. The molecule has 28 heavy (non-hydrogen) atoms. The van der Waals surface area contributed by atoms with Crippen LogP contribution in [0.3, 0.4) is 0 Å². The maximum absolute atomic E-state index is 12.8. The summed E-state index contributed by atoms with van der Waals surface area (Å²) in [5.41, 5.74) is -1.25. The van der Waals surface area contributed by atoms with Gasteiger partial charge in [0, 0.05) is 7.11 Å². The molecule has 0 bridgehead atoms. The molecule has 0 radical (unpaired) electrons. The molecule has 3 unspecified atom stereocenters. The molecule has 1 aromatic rings. The Morgan fingerprint density at radius 3 is 2.04 bits per heavy atom. The van der Waals surface area contributed by atoms with Gasteiger partial charge in [0.15, 0.2) is 0 Å². The number of benzene rings is 1. The summed E-state index contributed by atoms with van der Waals surface area (Å²) in [5, 5.41) is 0. The molecule has 0 aliphatic carbocycles. The van der Waals surface area contributed by atoms with Gasteiger partial charge in [-0.05, 0) is 26.3 Å². The fourth-order valence-electron chi connectivity index (χ4n) is 3.23. The summed E-state index contributed by atoms with van der Waals surface area (Å²) in [6, 6.07) is 8.78. The van der Waals surface area contributed by atoms with Crippen molar-refractivity contribution >= 4 is 23.6 Å². The SMILES string of the molecule is CCOC(=O)C1C(c2ccccc2)=NC(OC)(C(=O)OCC)C1C(=O)OCC. The molecule has 152 valence electrons. The second-order valence-corrected chi connectivity index (χ2v) is 5.94. The minimum Gasteiger partial charge on any atom is -0.466 e. The molecular weight excluding hydrogens is 366 g/mol. The molecule has 0 aromatic heterocycles. The van der Waals surface area contributed by atoms with Crippen LogP contribution in [0.4, 0.5) is 0 Å². The van der Waals surface area contributed by atoms with Gasteiger partial charge in [-0.15, -0.1) is 0 Å². The van der Waals surface area contributed by atoms with Gasteiger partial charge in [-0.2, -0.15) is 0 Å². The van der Waals surface area contributed by atoms with E-state index in [4.69, 9.17) is 18.9 Å². The third kappa shape index (κ3) is 3.91. The van der Waals surface area contributed by atoms with E-state index in [2.05, 4.69) is 4.99 Å². The maximum Gasteiger partial charge on any atom is 0.362 e. The summed E-state index contributed by atoms with van der Waals surface area (Å²) >= 11 is 0. The number of rotatable bonds is 8. The Labute approximate surface area is 163 Å². The Bertz CT molecular complexity index is 746. The second kappa shape index (κ2) is 9.45. The van der Waals surface area contributed by atoms with E-state index in [-0.39, 0.29) is 25.5 Å². The van der Waals surface area contributed by atoms with E-state index >= 15 is 0 Å². The molecule has 1 heterocycles. The first-order chi connectivity index (χ1) is 13.5. The van der Waals surface area contributed by atoms with E-state index < -0.39 is 35.5 Å². The number of aliphatic imine (C=N–C) groups is 1. The predicted molar refractivity (Wildman–Crippen MR) is 99.6 cm³/mol. The summed E-state index contributed by atoms with van der Waals surface area (Å²) in [5.74, 6) is -4.89. The van der Waals surface area contributed by atoms with Crippen molar-refractivity contribution in [1.29, 1.82) is 0 Å². The molecule has 1 aliphatic rings. The summed E-state index contributed by atoms with van der Waals surface area (Å²) < 4.78 is 20.9. The standard InChI is InChI=1S/C20H25NO7/c1-5-26-17(22)14-15(18(23)27-6-2)20(25-4,19(24)28-7-3)21-16(14)13-11-9-8-10-12-13/h8-12,14-15H,5-7H2,1-4H3. The first kappa shape index (κ1) is 21.6. The van der Waals surface area contributed by atoms with Crippen LogP contribution in [0.2, 0.25) is 0 Å². The van der Waals surface area contributed by atoms with Crippen LogP contribution >= 0.6 is 0 Å². The van der Waals surface area contributed by atoms with Crippen molar-refractivity contribution < 1.29 is 33.3 Å². The van der Waals surface area contributed by atoms with Gasteiger partial charge in [-0.1, -0.05) is 30.3 Å². The Morgan fingerprint density at radius 2 is 1.50 bits per heavy atom. The van der Waals surface area contributed by atoms with Crippen LogP contribution < -0.4 is 0 Å². The Kier molecular flexibility index (Phi) is 7.28. The van der Waals surface area contributed by atoms with Crippen LogP contribution in [0.15, 0.2) is 35.3 Å². The van der Waals surface area contributed by atoms with Crippen molar-refractivity contribution in [3.63, 3.8) is 0 Å². The number of nitrogens with zero attached hydrogens (tertiary/aromatic N) is 1. The average molecular weight is 391 g/mol. The number of ether oxygens (including phenoxy) is 4. The van der Waals surface area contributed by atoms with Crippen LogP contribution in [0.1, 0.15) is 26.3 Å². The highest BCUT2D eigenvalue weighted by Gasteiger charge is 2.63. The molecule has 0 spiro atoms. The lowest BCUT2D eigenvalue weighted by Gasteiger charge is -2.29. The number of esters is 3. The summed E-state index contributed by atoms with van der Waals surface area (Å²) in [6.45, 7) is 5.13. The average Bonchev–Trinajstić information content (AvgIpc) is 3.06. The van der Waals surface area contributed by atoms with Gasteiger partial charge in [-0.3, -0.25) is 9.59 Å². The second-order valence-electron chi connectivity index (χ2n) is 5.94. The normalized spacial score (nSPS) is 23.6. The molecule has 1 aliphatic heterocycles. The van der Waals surface area contributed by atoms with E-state index in [1.165, 1.54) is 7.11 Å². The van der Waals surface area contributed by atoms with Crippen LogP contribution in [-0.2, 0) is 33.3 Å². The van der Waals surface area contributed by atoms with Gasteiger partial charge in [-0.25, -0.2) is 9.79 Å². The van der Waals surface area contributed by atoms with Gasteiger partial charge in [0.05, 0.1) is 25.5 Å². The fourth-order valence-corrected chi connectivity index (χ4v) is 3.23. The number of carbonyl (C=O) groups excluding carboxylic acids is 3. The predicted octanol–water partition coefficient (Wildman–Crippen LogP) is 1.75. The zero-order valence-electron chi connectivity index (χ0n) is 16.5. The zero-order valence-corrected chi connectivity index (χ0v) is 16.5. The van der Waals surface area contributed by atoms with Crippen LogP contribution in [-0.4, -0.2) is 56.3 Å². The van der Waals surface area contributed by atoms with Gasteiger partial charge in [0.1, 0.15) is 11.8 Å². The number of carbonyl (C=O) groups is 3. The lowest BCUT2D eigenvalue weighted by atomic mass is 9.82. The minimum atomic E-state index is -2.04. The highest BCUT2D eigenvalue weighted by molar-refractivity contribution is 6.17. The molecule has 8 heteroatoms. The third-order valence-corrected chi connectivity index (χ3v) is 4.37. The largest absolute Gasteiger partial charge is 0.466 e. The molecule has 0 amide bonds. The first-order valence-corrected chi connectivity index (χ1v) is 9.17. The van der Waals surface area contributed by atoms with Crippen LogP contribution in [0.25, 0.3) is 0 Å². The minimum absolute atomic E-state index is 0.0553. The molecule has 0 saturated heterocycles. The summed E-state index contributed by atoms with van der Waals surface area (Å²) in [7, 11) is 1.24. The molecule has 8 nitrogen and oxygen atoms in total. The van der Waals surface area contributed by atoms with Crippen molar-refractivity contribution in [3.8, 4) is 0 Å². The highest BCUT2D eigenvalue weighted by Crippen LogP contribution is 2.42. The molecular formula is C20H25NO7. The lowest BCUT2D eigenvalue weighted by molar-refractivity contribution is -0.186. The topological polar surface area (TPSA) is 100 Å². The van der Waals surface area contributed by atoms with Crippen LogP contribution in [0, 0.1) is 11.8 Å². The molecule has 2 rings (SSSR count). The number of hydrogen-bond acceptors (Lipinski definition) is 8. The number of methoxy groups -OCH3 is 1. The smallest absolute Gasteiger partial charge is 0.362 e. The molecule has 0 N–H and O–H groups in total. The van der Waals surface area contributed by atoms with Crippen molar-refractivity contribution in [3.05, 3.63) is 35.9 Å². The number of hydrogen-bond donors (Lipinski definition) is 0. The maximum atomic E-state index is 12.8. The zero-order chi connectivity index (χ0) is 20.7. The van der Waals surface area contributed by atoms with Crippen molar-refractivity contribution in [2.45, 2.75) is 26.5 Å². The Balaban J connectivity index is 2.69. The van der Waals surface area contributed by atoms with Gasteiger partial charge < -0.3 is 18.9 Å². The third-order valence-electron chi connectivity index (χ3n) is 4.37. The summed E-state index contributed by atoms with van der Waals surface area (Å²) in [4.78, 5) is 42.9. The molecule has 0 saturated carbocycles. The quantitative estimate of drug-likeness (QED) is 0.491. The van der Waals surface area contributed by atoms with Gasteiger partial charge in [0.2, 0.25) is 0 Å². The highest BCUT2D eigenvalue weighted by atomic mass is 16.6. The lowest BCUT2D eigenvalue weighted by Crippen LogP contribution is -2.52. The van der Waals surface area contributed by atoms with E-state index in [1.807, 2.05) is 0 Å². The summed E-state index contributed by atoms with van der Waals surface area (Å²) in [6.07, 6.45) is 0. The van der Waals surface area contributed by atoms with Crippen molar-refractivity contribution in [2.24, 2.45) is 16.8 Å². The van der Waals surface area contributed by atoms with Crippen molar-refractivity contribution in [1.82, 2.24) is 0 Å². The Hall–Kier alpha value is -2.74. The molecule has 3 atom stereocenters. The Morgan fingerprint density at radius 1 is 0.929 bits per heavy atom. The molecule has 0 fully saturated rings. The van der Waals surface area contributed by atoms with E-state index in [0.717, 1.165) is 0 Å². The van der Waals surface area contributed by atoms with Gasteiger partial charge in [0.25, 0.3) is 5.72 Å². The monoisotopic (exact) mass is 391 g/mol. The van der Waals surface area contributed by atoms with E-state index in [9.17, 15) is 14.4 Å². The molecule has 1 aromatic carbocycles. The fraction of sp³-hybridized carbons (Fsp3) is 0.500. The van der Waals surface area contributed by atoms with Crippen molar-refractivity contribution in [2.75, 3.05) is 26.9 Å². The van der Waals surface area contributed by atoms with E-state index in [1.54, 1.807) is 51.1 Å². The van der Waals surface area contributed by atoms with Crippen LogP contribution in [0.5, 0.6) is 0 Å².